The molecule has 1 atom stereocenters. The SMILES string of the molecule is CO/C=C(/C(=O)OC)c1ccccc1Oc1cc(Oc2ccccc2C#N)ncn1.COC(=O)N(OC)c1ccccc1COc1ccn(-c2ccc(Cl)cc2)n1.CON(C(=O)c1cn(C)nc1C(F)F)C(C)Cc1c(Cl)cc(Cl)cc1Cl. The number of alkyl halides is 2. The molecule has 0 N–H and O–H groups in total. The number of carbonyl (C=O) groups is 3. The lowest BCUT2D eigenvalue weighted by molar-refractivity contribution is -0.133. The summed E-state index contributed by atoms with van der Waals surface area (Å²) in [5.74, 6) is 0.234. The zero-order valence-corrected chi connectivity index (χ0v) is 48.2. The summed E-state index contributed by atoms with van der Waals surface area (Å²) in [5, 5.41) is 21.0. The van der Waals surface area contributed by atoms with E-state index in [-0.39, 0.29) is 35.9 Å². The molecule has 0 fully saturated rings. The van der Waals surface area contributed by atoms with Crippen molar-refractivity contribution in [3.63, 3.8) is 0 Å². The third kappa shape index (κ3) is 17.1. The molecule has 0 spiro atoms. The van der Waals surface area contributed by atoms with E-state index in [1.165, 1.54) is 79.6 Å². The van der Waals surface area contributed by atoms with E-state index < -0.39 is 36.1 Å². The number of hydroxylamine groups is 3. The van der Waals surface area contributed by atoms with Crippen LogP contribution in [0.2, 0.25) is 20.1 Å². The molecular weight excluding hydrogens is 1170 g/mol. The summed E-state index contributed by atoms with van der Waals surface area (Å²) in [4.78, 5) is 55.1. The van der Waals surface area contributed by atoms with Crippen molar-refractivity contribution in [1.29, 1.82) is 5.26 Å². The molecule has 3 heterocycles. The Morgan fingerprint density at radius 3 is 2.00 bits per heavy atom. The Bertz CT molecular complexity index is 3560. The number of para-hydroxylation sites is 3. The highest BCUT2D eigenvalue weighted by atomic mass is 35.5. The van der Waals surface area contributed by atoms with Crippen molar-refractivity contribution in [2.45, 2.75) is 32.4 Å². The first-order valence-electron chi connectivity index (χ1n) is 24.3. The van der Waals surface area contributed by atoms with E-state index in [1.54, 1.807) is 96.7 Å². The van der Waals surface area contributed by atoms with Crippen LogP contribution in [0.4, 0.5) is 19.3 Å². The van der Waals surface area contributed by atoms with E-state index in [9.17, 15) is 28.4 Å². The lowest BCUT2D eigenvalue weighted by Gasteiger charge is -2.27. The molecule has 2 amide bonds. The second kappa shape index (κ2) is 30.8. The van der Waals surface area contributed by atoms with Crippen LogP contribution in [0.5, 0.6) is 29.1 Å². The highest BCUT2D eigenvalue weighted by molar-refractivity contribution is 6.39. The van der Waals surface area contributed by atoms with Crippen molar-refractivity contribution in [3.05, 3.63) is 200 Å². The van der Waals surface area contributed by atoms with Crippen LogP contribution in [0.25, 0.3) is 11.3 Å². The number of nitriles is 1. The summed E-state index contributed by atoms with van der Waals surface area (Å²) in [6.45, 7) is 1.88. The number of ether oxygens (including phenoxy) is 6. The molecule has 5 aromatic carbocycles. The molecule has 3 aromatic heterocycles. The summed E-state index contributed by atoms with van der Waals surface area (Å²) in [6, 6.07) is 36.0. The van der Waals surface area contributed by atoms with Gasteiger partial charge in [0.25, 0.3) is 12.3 Å². The first-order chi connectivity index (χ1) is 39.9. The van der Waals surface area contributed by atoms with Gasteiger partial charge in [-0.25, -0.2) is 38.1 Å². The molecule has 8 aromatic rings. The normalized spacial score (nSPS) is 11.2. The average molecular weight is 1220 g/mol. The molecule has 0 saturated carbocycles. The van der Waals surface area contributed by atoms with Gasteiger partial charge in [-0.05, 0) is 79.6 Å². The minimum Gasteiger partial charge on any atom is -0.503 e. The fourth-order valence-corrected chi connectivity index (χ4v) is 8.65. The summed E-state index contributed by atoms with van der Waals surface area (Å²) >= 11 is 24.1. The molecule has 0 aliphatic carbocycles. The monoisotopic (exact) mass is 1220 g/mol. The maximum atomic E-state index is 13.1. The van der Waals surface area contributed by atoms with Gasteiger partial charge >= 0.3 is 12.1 Å². The van der Waals surface area contributed by atoms with Gasteiger partial charge in [0.2, 0.25) is 17.6 Å². The van der Waals surface area contributed by atoms with E-state index in [0.29, 0.717) is 59.8 Å². The summed E-state index contributed by atoms with van der Waals surface area (Å²) in [7, 11) is 8.12. The van der Waals surface area contributed by atoms with Gasteiger partial charge < -0.3 is 28.4 Å². The number of esters is 1. The fraction of sp³-hybridized carbons (Fsp3) is 0.193. The zero-order chi connectivity index (χ0) is 60.2. The molecule has 0 radical (unpaired) electrons. The quantitative estimate of drug-likeness (QED) is 0.0318. The number of rotatable bonds is 19. The summed E-state index contributed by atoms with van der Waals surface area (Å²) in [6.07, 6.45) is 2.29. The zero-order valence-electron chi connectivity index (χ0n) is 45.2. The Hall–Kier alpha value is -8.82. The number of anilines is 1. The second-order valence-electron chi connectivity index (χ2n) is 16.8. The van der Waals surface area contributed by atoms with E-state index in [2.05, 4.69) is 26.2 Å². The minimum absolute atomic E-state index is 0.184. The smallest absolute Gasteiger partial charge is 0.438 e. The largest absolute Gasteiger partial charge is 0.503 e. The van der Waals surface area contributed by atoms with Crippen LogP contribution in [-0.4, -0.2) is 94.2 Å². The van der Waals surface area contributed by atoms with Gasteiger partial charge in [-0.3, -0.25) is 19.2 Å². The lowest BCUT2D eigenvalue weighted by Crippen LogP contribution is -2.39. The molecule has 8 rings (SSSR count). The predicted molar refractivity (Wildman–Crippen MR) is 304 cm³/mol. The second-order valence-corrected chi connectivity index (χ2v) is 18.5. The maximum absolute atomic E-state index is 13.1. The fourth-order valence-electron chi connectivity index (χ4n) is 7.55. The predicted octanol–water partition coefficient (Wildman–Crippen LogP) is 13.3. The summed E-state index contributed by atoms with van der Waals surface area (Å²) in [5.41, 5.74) is 2.89. The van der Waals surface area contributed by atoms with Crippen LogP contribution in [0.15, 0.2) is 146 Å². The van der Waals surface area contributed by atoms with Gasteiger partial charge in [0.15, 0.2) is 0 Å². The van der Waals surface area contributed by atoms with Gasteiger partial charge in [-0.2, -0.15) is 15.4 Å². The molecule has 20 nitrogen and oxygen atoms in total. The average Bonchev–Trinajstić information content (AvgIpc) is 4.29. The van der Waals surface area contributed by atoms with Crippen LogP contribution in [0.3, 0.4) is 0 Å². The summed E-state index contributed by atoms with van der Waals surface area (Å²) < 4.78 is 61.0. The van der Waals surface area contributed by atoms with E-state index in [0.717, 1.165) is 26.1 Å². The van der Waals surface area contributed by atoms with Gasteiger partial charge in [0.1, 0.15) is 41.8 Å². The third-order valence-corrected chi connectivity index (χ3v) is 12.5. The van der Waals surface area contributed by atoms with Crippen molar-refractivity contribution >= 4 is 75.6 Å². The van der Waals surface area contributed by atoms with E-state index in [1.807, 2.05) is 24.3 Å². The van der Waals surface area contributed by atoms with Crippen LogP contribution in [0, 0.1) is 11.3 Å². The molecule has 0 bridgehead atoms. The minimum atomic E-state index is -2.88. The van der Waals surface area contributed by atoms with Crippen LogP contribution in [-0.2, 0) is 48.8 Å². The van der Waals surface area contributed by atoms with Crippen LogP contribution >= 0.6 is 46.4 Å². The van der Waals surface area contributed by atoms with Crippen LogP contribution in [0.1, 0.15) is 51.7 Å². The molecule has 432 valence electrons. The topological polar surface area (TPSA) is 217 Å². The number of benzene rings is 5. The highest BCUT2D eigenvalue weighted by Gasteiger charge is 2.30. The number of carbonyl (C=O) groups excluding carboxylic acids is 3. The Kier molecular flexibility index (Phi) is 23.5. The first-order valence-corrected chi connectivity index (χ1v) is 25.8. The molecule has 83 heavy (non-hydrogen) atoms. The van der Waals surface area contributed by atoms with Crippen molar-refractivity contribution in [3.8, 4) is 40.9 Å². The lowest BCUT2D eigenvalue weighted by atomic mass is 10.1. The van der Waals surface area contributed by atoms with Crippen LogP contribution < -0.4 is 19.3 Å². The highest BCUT2D eigenvalue weighted by Crippen LogP contribution is 2.34. The number of amides is 2. The Morgan fingerprint density at radius 2 is 1.37 bits per heavy atom. The van der Waals surface area contributed by atoms with Crippen molar-refractivity contribution in [2.24, 2.45) is 7.05 Å². The first kappa shape index (κ1) is 63.4. The Balaban J connectivity index is 0.000000201. The maximum Gasteiger partial charge on any atom is 0.438 e. The molecule has 0 saturated heterocycles. The molecular formula is C57H51Cl4F2N9O11. The number of hydrogen-bond donors (Lipinski definition) is 0. The third-order valence-electron chi connectivity index (χ3n) is 11.3. The number of nitrogens with zero attached hydrogens (tertiary/aromatic N) is 9. The Labute approximate surface area is 495 Å². The standard InChI is InChI=1S/C22H17N3O5.C19H18ClN3O4.C16H16Cl3F2N3O2/c1-27-13-17(22(26)28-2)16-8-4-6-10-19(16)30-21-11-20(24-14-25-21)29-18-9-5-3-7-15(18)12-23;1-25-19(24)23(26-2)17-6-4-3-5-14(17)13-27-18-11-12-22(21-18)16-9-7-15(20)8-10-16;1-8(4-10-12(18)5-9(17)6-13(10)19)24(26-3)16(25)11-7-23(2)22-14(11)15(20)21/h3-11,13-14H,1-2H3;3-12H,13H2,1-2H3;5-8,15H,4H2,1-3H3/b17-13+;;. The van der Waals surface area contributed by atoms with Crippen molar-refractivity contribution < 1.29 is 61.3 Å². The van der Waals surface area contributed by atoms with Gasteiger partial charge in [0, 0.05) is 56.7 Å². The van der Waals surface area contributed by atoms with E-state index >= 15 is 0 Å². The molecule has 0 aliphatic rings. The number of halogens is 6. The van der Waals surface area contributed by atoms with E-state index in [4.69, 9.17) is 84.5 Å². The Morgan fingerprint density at radius 1 is 0.735 bits per heavy atom. The molecule has 26 heteroatoms. The number of methoxy groups -OCH3 is 3. The molecule has 1 unspecified atom stereocenters. The number of hydrogen-bond acceptors (Lipinski definition) is 16. The molecule has 0 aliphatic heterocycles. The van der Waals surface area contributed by atoms with Gasteiger partial charge in [-0.15, -0.1) is 5.10 Å². The van der Waals surface area contributed by atoms with Gasteiger partial charge in [-0.1, -0.05) is 94.9 Å². The van der Waals surface area contributed by atoms with Crippen molar-refractivity contribution in [2.75, 3.05) is 40.6 Å². The van der Waals surface area contributed by atoms with Gasteiger partial charge in [0.05, 0.1) is 76.4 Å². The van der Waals surface area contributed by atoms with Crippen molar-refractivity contribution in [1.82, 2.24) is 34.6 Å². The number of aryl methyl sites for hydroxylation is 1. The number of aromatic nitrogens is 6.